The zero-order valence-corrected chi connectivity index (χ0v) is 10.5. The number of nitrogens with zero attached hydrogens (tertiary/aromatic N) is 2. The molecule has 1 heterocycles. The van der Waals surface area contributed by atoms with Gasteiger partial charge in [-0.05, 0) is 6.07 Å². The summed E-state index contributed by atoms with van der Waals surface area (Å²) in [4.78, 5) is 7.75. The molecule has 18 heavy (non-hydrogen) atoms. The lowest BCUT2D eigenvalue weighted by Crippen LogP contribution is -2.26. The first-order valence-electron chi connectivity index (χ1n) is 5.59. The molecule has 0 radical (unpaired) electrons. The van der Waals surface area contributed by atoms with E-state index in [9.17, 15) is 0 Å². The van der Waals surface area contributed by atoms with Gasteiger partial charge in [-0.1, -0.05) is 19.9 Å². The van der Waals surface area contributed by atoms with Gasteiger partial charge in [-0.15, -0.1) is 0 Å². The molecule has 0 fully saturated rings. The van der Waals surface area contributed by atoms with Crippen LogP contribution in [0.4, 0.5) is 5.69 Å². The second-order valence-electron chi connectivity index (χ2n) is 4.86. The number of fused-ring (bicyclic) bond motifs is 1. The Morgan fingerprint density at radius 2 is 2.00 bits per heavy atom. The van der Waals surface area contributed by atoms with Gasteiger partial charge in [-0.2, -0.15) is 4.99 Å². The van der Waals surface area contributed by atoms with Crippen LogP contribution in [0.2, 0.25) is 0 Å². The van der Waals surface area contributed by atoms with Crippen LogP contribution in [0.25, 0.3) is 0 Å². The van der Waals surface area contributed by atoms with Gasteiger partial charge in [0.15, 0.2) is 5.96 Å². The molecule has 1 aliphatic rings. The zero-order valence-electron chi connectivity index (χ0n) is 10.5. The molecule has 0 unspecified atom stereocenters. The third kappa shape index (κ3) is 2.37. The van der Waals surface area contributed by atoms with Gasteiger partial charge in [0.25, 0.3) is 0 Å². The van der Waals surface area contributed by atoms with E-state index in [2.05, 4.69) is 23.8 Å². The molecule has 0 aliphatic carbocycles. The highest BCUT2D eigenvalue weighted by Crippen LogP contribution is 2.40. The van der Waals surface area contributed by atoms with E-state index in [0.29, 0.717) is 12.3 Å². The summed E-state index contributed by atoms with van der Waals surface area (Å²) in [7, 11) is 0. The number of nitrogens with two attached hydrogens (primary N) is 3. The predicted molar refractivity (Wildman–Crippen MR) is 72.1 cm³/mol. The monoisotopic (exact) mass is 247 g/mol. The van der Waals surface area contributed by atoms with E-state index in [1.165, 1.54) is 5.56 Å². The van der Waals surface area contributed by atoms with Crippen LogP contribution in [0.15, 0.2) is 28.2 Å². The lowest BCUT2D eigenvalue weighted by Gasteiger charge is -2.14. The van der Waals surface area contributed by atoms with Gasteiger partial charge in [-0.3, -0.25) is 0 Å². The van der Waals surface area contributed by atoms with E-state index < -0.39 is 0 Å². The van der Waals surface area contributed by atoms with Crippen molar-refractivity contribution in [1.29, 1.82) is 0 Å². The molecule has 6 heteroatoms. The molecule has 0 atom stereocenters. The van der Waals surface area contributed by atoms with Crippen LogP contribution in [0.1, 0.15) is 19.4 Å². The lowest BCUT2D eigenvalue weighted by molar-refractivity contribution is 0.291. The SMILES string of the molecule is CC1(C)COc2cc(N=C(N)N=C(N)N)ccc21. The van der Waals surface area contributed by atoms with Crippen molar-refractivity contribution in [3.05, 3.63) is 23.8 Å². The van der Waals surface area contributed by atoms with E-state index in [1.54, 1.807) is 0 Å². The van der Waals surface area contributed by atoms with Gasteiger partial charge in [0, 0.05) is 17.0 Å². The third-order valence-corrected chi connectivity index (χ3v) is 2.77. The smallest absolute Gasteiger partial charge is 0.223 e. The van der Waals surface area contributed by atoms with Crippen LogP contribution in [0.5, 0.6) is 5.75 Å². The van der Waals surface area contributed by atoms with Gasteiger partial charge in [0.1, 0.15) is 5.75 Å². The van der Waals surface area contributed by atoms with E-state index in [4.69, 9.17) is 21.9 Å². The fraction of sp³-hybridized carbons (Fsp3) is 0.333. The van der Waals surface area contributed by atoms with Gasteiger partial charge in [-0.25, -0.2) is 4.99 Å². The van der Waals surface area contributed by atoms with Crippen LogP contribution in [-0.4, -0.2) is 18.5 Å². The average molecular weight is 247 g/mol. The summed E-state index contributed by atoms with van der Waals surface area (Å²) in [6.07, 6.45) is 0. The number of benzene rings is 1. The Kier molecular flexibility index (Phi) is 2.86. The number of hydrogen-bond donors (Lipinski definition) is 3. The van der Waals surface area contributed by atoms with Gasteiger partial charge < -0.3 is 21.9 Å². The van der Waals surface area contributed by atoms with Crippen molar-refractivity contribution in [2.45, 2.75) is 19.3 Å². The van der Waals surface area contributed by atoms with E-state index in [1.807, 2.05) is 18.2 Å². The molecule has 6 nitrogen and oxygen atoms in total. The highest BCUT2D eigenvalue weighted by Gasteiger charge is 2.31. The molecular weight excluding hydrogens is 230 g/mol. The molecule has 1 aliphatic heterocycles. The molecule has 0 spiro atoms. The van der Waals surface area contributed by atoms with Crippen molar-refractivity contribution in [3.8, 4) is 5.75 Å². The topological polar surface area (TPSA) is 112 Å². The molecule has 0 saturated carbocycles. The first-order chi connectivity index (χ1) is 8.38. The maximum atomic E-state index is 5.62. The Morgan fingerprint density at radius 3 is 2.67 bits per heavy atom. The number of rotatable bonds is 1. The molecular formula is C12H17N5O. The second-order valence-corrected chi connectivity index (χ2v) is 4.86. The normalized spacial score (nSPS) is 16.9. The van der Waals surface area contributed by atoms with E-state index >= 15 is 0 Å². The number of ether oxygens (including phenoxy) is 1. The average Bonchev–Trinajstić information content (AvgIpc) is 2.53. The molecule has 0 aromatic heterocycles. The minimum Gasteiger partial charge on any atom is -0.492 e. The summed E-state index contributed by atoms with van der Waals surface area (Å²) in [5.41, 5.74) is 17.9. The Labute approximate surface area is 106 Å². The van der Waals surface area contributed by atoms with Crippen molar-refractivity contribution < 1.29 is 4.74 Å². The summed E-state index contributed by atoms with van der Waals surface area (Å²) in [6, 6.07) is 5.69. The van der Waals surface area contributed by atoms with E-state index in [-0.39, 0.29) is 17.3 Å². The van der Waals surface area contributed by atoms with Crippen LogP contribution in [0, 0.1) is 0 Å². The fourth-order valence-corrected chi connectivity index (χ4v) is 1.88. The van der Waals surface area contributed by atoms with Crippen molar-refractivity contribution in [2.24, 2.45) is 27.2 Å². The lowest BCUT2D eigenvalue weighted by atomic mass is 9.87. The molecule has 0 saturated heterocycles. The van der Waals surface area contributed by atoms with Crippen molar-refractivity contribution in [2.75, 3.05) is 6.61 Å². The first kappa shape index (κ1) is 12.2. The Balaban J connectivity index is 2.32. The molecule has 96 valence electrons. The molecule has 1 aromatic carbocycles. The Hall–Kier alpha value is -2.24. The summed E-state index contributed by atoms with van der Waals surface area (Å²) >= 11 is 0. The number of guanidine groups is 2. The summed E-state index contributed by atoms with van der Waals surface area (Å²) < 4.78 is 5.62. The molecule has 2 rings (SSSR count). The molecule has 0 amide bonds. The highest BCUT2D eigenvalue weighted by atomic mass is 16.5. The largest absolute Gasteiger partial charge is 0.492 e. The standard InChI is InChI=1S/C12H17N5O/c1-12(2)6-18-9-5-7(3-4-8(9)12)16-11(15)17-10(13)14/h3-5H,6H2,1-2H3,(H6,13,14,15,16,17). The van der Waals surface area contributed by atoms with Crippen LogP contribution in [0.3, 0.4) is 0 Å². The molecule has 1 aromatic rings. The Morgan fingerprint density at radius 1 is 1.28 bits per heavy atom. The minimum absolute atomic E-state index is 0.0206. The van der Waals surface area contributed by atoms with Crippen LogP contribution < -0.4 is 21.9 Å². The highest BCUT2D eigenvalue weighted by molar-refractivity contribution is 5.93. The van der Waals surface area contributed by atoms with Crippen molar-refractivity contribution >= 4 is 17.6 Å². The predicted octanol–water partition coefficient (Wildman–Crippen LogP) is 0.576. The summed E-state index contributed by atoms with van der Waals surface area (Å²) in [5, 5.41) is 0. The summed E-state index contributed by atoms with van der Waals surface area (Å²) in [6.45, 7) is 4.93. The quantitative estimate of drug-likeness (QED) is 0.497. The molecule has 6 N–H and O–H groups in total. The van der Waals surface area contributed by atoms with Crippen LogP contribution >= 0.6 is 0 Å². The fourth-order valence-electron chi connectivity index (χ4n) is 1.88. The zero-order chi connectivity index (χ0) is 13.3. The maximum Gasteiger partial charge on any atom is 0.223 e. The van der Waals surface area contributed by atoms with Gasteiger partial charge in [0.2, 0.25) is 5.96 Å². The molecule has 0 bridgehead atoms. The van der Waals surface area contributed by atoms with Gasteiger partial charge >= 0.3 is 0 Å². The summed E-state index contributed by atoms with van der Waals surface area (Å²) in [5.74, 6) is 0.737. The minimum atomic E-state index is -0.116. The van der Waals surface area contributed by atoms with Crippen LogP contribution in [-0.2, 0) is 5.41 Å². The number of aliphatic imine (C=N–C) groups is 2. The third-order valence-electron chi connectivity index (χ3n) is 2.77. The van der Waals surface area contributed by atoms with Gasteiger partial charge in [0.05, 0.1) is 12.3 Å². The maximum absolute atomic E-state index is 5.62. The Bertz CT molecular complexity index is 529. The van der Waals surface area contributed by atoms with Crippen molar-refractivity contribution in [1.82, 2.24) is 0 Å². The number of hydrogen-bond acceptors (Lipinski definition) is 2. The van der Waals surface area contributed by atoms with Crippen molar-refractivity contribution in [3.63, 3.8) is 0 Å². The first-order valence-corrected chi connectivity index (χ1v) is 5.59. The second kappa shape index (κ2) is 4.21. The van der Waals surface area contributed by atoms with E-state index in [0.717, 1.165) is 5.75 Å².